The first kappa shape index (κ1) is 16.7. The van der Waals surface area contributed by atoms with Gasteiger partial charge >= 0.3 is 0 Å². The van der Waals surface area contributed by atoms with Gasteiger partial charge in [-0.3, -0.25) is 9.59 Å². The van der Waals surface area contributed by atoms with Gasteiger partial charge in [0.15, 0.2) is 0 Å². The van der Waals surface area contributed by atoms with E-state index in [1.54, 1.807) is 11.0 Å². The highest BCUT2D eigenvalue weighted by molar-refractivity contribution is 5.93. The van der Waals surface area contributed by atoms with Crippen molar-refractivity contribution in [2.75, 3.05) is 0 Å². The molecule has 0 N–H and O–H groups in total. The van der Waals surface area contributed by atoms with Crippen LogP contribution in [0.5, 0.6) is 0 Å². The number of carbonyl (C=O) groups excluding carboxylic acids is 2. The van der Waals surface area contributed by atoms with Gasteiger partial charge in [0.05, 0.1) is 0 Å². The normalized spacial score (nSPS) is 11.8. The van der Waals surface area contributed by atoms with E-state index in [4.69, 9.17) is 0 Å². The summed E-state index contributed by atoms with van der Waals surface area (Å²) in [7, 11) is 0. The van der Waals surface area contributed by atoms with Gasteiger partial charge in [-0.15, -0.1) is 0 Å². The number of benzene rings is 1. The molecule has 1 aromatic rings. The van der Waals surface area contributed by atoms with Crippen molar-refractivity contribution in [1.82, 2.24) is 4.90 Å². The van der Waals surface area contributed by atoms with E-state index in [9.17, 15) is 9.59 Å². The average Bonchev–Trinajstić information content (AvgIpc) is 2.48. The third kappa shape index (κ3) is 6.09. The fraction of sp³-hybridized carbons (Fsp3) is 0.333. The molecule has 0 spiro atoms. The predicted octanol–water partition coefficient (Wildman–Crippen LogP) is 2.82. The number of nitrogens with zero attached hydrogens (tertiary/aromatic N) is 1. The molecular weight excluding hydrogens is 262 g/mol. The van der Waals surface area contributed by atoms with Crippen LogP contribution in [-0.2, 0) is 16.1 Å². The molecule has 110 valence electrons. The minimum Gasteiger partial charge on any atom is -0.321 e. The second-order valence-electron chi connectivity index (χ2n) is 5.10. The fourth-order valence-electron chi connectivity index (χ4n) is 1.77. The van der Waals surface area contributed by atoms with E-state index in [1.807, 2.05) is 51.1 Å². The van der Waals surface area contributed by atoms with E-state index in [0.29, 0.717) is 12.8 Å². The van der Waals surface area contributed by atoms with Gasteiger partial charge in [0.25, 0.3) is 5.91 Å². The van der Waals surface area contributed by atoms with Crippen LogP contribution in [0.25, 0.3) is 0 Å². The lowest BCUT2D eigenvalue weighted by Gasteiger charge is -2.25. The molecule has 0 heterocycles. The van der Waals surface area contributed by atoms with Crippen LogP contribution in [0, 0.1) is 17.8 Å². The van der Waals surface area contributed by atoms with E-state index in [1.165, 1.54) is 6.08 Å². The Kier molecular flexibility index (Phi) is 6.97. The predicted molar refractivity (Wildman–Crippen MR) is 84.3 cm³/mol. The van der Waals surface area contributed by atoms with Crippen LogP contribution in [0.1, 0.15) is 26.3 Å². The Hall–Kier alpha value is -2.34. The Bertz CT molecular complexity index is 550. The number of carbonyl (C=O) groups is 2. The molecule has 1 rings (SSSR count). The molecule has 21 heavy (non-hydrogen) atoms. The zero-order chi connectivity index (χ0) is 15.7. The van der Waals surface area contributed by atoms with Crippen molar-refractivity contribution >= 4 is 12.2 Å². The average molecular weight is 283 g/mol. The summed E-state index contributed by atoms with van der Waals surface area (Å²) in [5.74, 6) is 5.48. The summed E-state index contributed by atoms with van der Waals surface area (Å²) in [4.78, 5) is 24.4. The number of rotatable bonds is 5. The Morgan fingerprint density at radius 3 is 2.48 bits per heavy atom. The van der Waals surface area contributed by atoms with Gasteiger partial charge in [0, 0.05) is 18.5 Å². The zero-order valence-electron chi connectivity index (χ0n) is 12.7. The molecule has 0 aromatic heterocycles. The van der Waals surface area contributed by atoms with Gasteiger partial charge in [-0.1, -0.05) is 56.2 Å². The third-order valence-electron chi connectivity index (χ3n) is 2.88. The van der Waals surface area contributed by atoms with E-state index < -0.39 is 0 Å². The molecule has 0 saturated carbocycles. The molecule has 0 aliphatic carbocycles. The maximum absolute atomic E-state index is 12.3. The molecule has 1 unspecified atom stereocenters. The summed E-state index contributed by atoms with van der Waals surface area (Å²) in [5.41, 5.74) is 1.03. The van der Waals surface area contributed by atoms with E-state index in [0.717, 1.165) is 5.56 Å². The maximum atomic E-state index is 12.3. The molecule has 1 aromatic carbocycles. The van der Waals surface area contributed by atoms with Crippen LogP contribution < -0.4 is 0 Å². The van der Waals surface area contributed by atoms with Crippen molar-refractivity contribution in [3.8, 4) is 11.8 Å². The second kappa shape index (κ2) is 8.76. The van der Waals surface area contributed by atoms with E-state index >= 15 is 0 Å². The number of hydrogen-bond donors (Lipinski definition) is 0. The molecule has 1 atom stereocenters. The van der Waals surface area contributed by atoms with E-state index in [-0.39, 0.29) is 17.9 Å². The van der Waals surface area contributed by atoms with Crippen LogP contribution in [0.4, 0.5) is 0 Å². The molecule has 1 amide bonds. The van der Waals surface area contributed by atoms with Crippen molar-refractivity contribution in [2.24, 2.45) is 5.92 Å². The molecular formula is C18H21NO2. The number of aldehydes is 1. The number of allylic oxidation sites excluding steroid dienone is 1. The lowest BCUT2D eigenvalue weighted by Crippen LogP contribution is -2.36. The Labute approximate surface area is 126 Å². The van der Waals surface area contributed by atoms with Crippen molar-refractivity contribution in [3.05, 3.63) is 48.0 Å². The Morgan fingerprint density at radius 2 is 1.90 bits per heavy atom. The lowest BCUT2D eigenvalue weighted by molar-refractivity contribution is -0.126. The van der Waals surface area contributed by atoms with Gasteiger partial charge in [-0.2, -0.15) is 0 Å². The van der Waals surface area contributed by atoms with Gasteiger partial charge in [0.2, 0.25) is 0 Å². The minimum absolute atomic E-state index is 0.147. The first-order valence-corrected chi connectivity index (χ1v) is 7.02. The monoisotopic (exact) mass is 283 g/mol. The van der Waals surface area contributed by atoms with Crippen molar-refractivity contribution in [1.29, 1.82) is 0 Å². The standard InChI is InChI=1S/C18H21NO2/c1-15(2)11-12-18(21)19(16(3)8-7-13-20)14-17-9-5-4-6-10-17/h4-10,13,15-16H,14H2,1-3H3/b8-7+. The summed E-state index contributed by atoms with van der Waals surface area (Å²) in [5, 5.41) is 0. The van der Waals surface area contributed by atoms with Crippen LogP contribution in [0.2, 0.25) is 0 Å². The first-order chi connectivity index (χ1) is 10.0. The highest BCUT2D eigenvalue weighted by Gasteiger charge is 2.16. The molecule has 3 heteroatoms. The fourth-order valence-corrected chi connectivity index (χ4v) is 1.77. The van der Waals surface area contributed by atoms with Gasteiger partial charge in [0.1, 0.15) is 6.29 Å². The molecule has 0 radical (unpaired) electrons. The SMILES string of the molecule is CC(C)C#CC(=O)N(Cc1ccccc1)C(C)/C=C/C=O. The van der Waals surface area contributed by atoms with Crippen molar-refractivity contribution in [2.45, 2.75) is 33.4 Å². The van der Waals surface area contributed by atoms with Crippen molar-refractivity contribution < 1.29 is 9.59 Å². The largest absolute Gasteiger partial charge is 0.321 e. The zero-order valence-corrected chi connectivity index (χ0v) is 12.7. The smallest absolute Gasteiger partial charge is 0.299 e. The molecule has 0 bridgehead atoms. The molecule has 3 nitrogen and oxygen atoms in total. The van der Waals surface area contributed by atoms with Gasteiger partial charge in [-0.25, -0.2) is 0 Å². The lowest BCUT2D eigenvalue weighted by atomic mass is 10.1. The number of hydrogen-bond acceptors (Lipinski definition) is 2. The van der Waals surface area contributed by atoms with Crippen molar-refractivity contribution in [3.63, 3.8) is 0 Å². The van der Waals surface area contributed by atoms with Crippen LogP contribution in [0.15, 0.2) is 42.5 Å². The quantitative estimate of drug-likeness (QED) is 0.473. The number of amides is 1. The van der Waals surface area contributed by atoms with Gasteiger partial charge < -0.3 is 4.90 Å². The molecule has 0 aliphatic rings. The topological polar surface area (TPSA) is 37.4 Å². The summed E-state index contributed by atoms with van der Waals surface area (Å²) >= 11 is 0. The highest BCUT2D eigenvalue weighted by Crippen LogP contribution is 2.09. The molecule has 0 aliphatic heterocycles. The summed E-state index contributed by atoms with van der Waals surface area (Å²) in [6.45, 7) is 6.23. The third-order valence-corrected chi connectivity index (χ3v) is 2.88. The molecule has 0 fully saturated rings. The summed E-state index contributed by atoms with van der Waals surface area (Å²) < 4.78 is 0. The van der Waals surface area contributed by atoms with Crippen LogP contribution in [0.3, 0.4) is 0 Å². The summed E-state index contributed by atoms with van der Waals surface area (Å²) in [6, 6.07) is 9.54. The first-order valence-electron chi connectivity index (χ1n) is 7.02. The second-order valence-corrected chi connectivity index (χ2v) is 5.10. The Morgan fingerprint density at radius 1 is 1.24 bits per heavy atom. The van der Waals surface area contributed by atoms with Gasteiger partial charge in [-0.05, 0) is 24.5 Å². The molecule has 0 saturated heterocycles. The minimum atomic E-state index is -0.226. The van der Waals surface area contributed by atoms with Crippen LogP contribution >= 0.6 is 0 Å². The van der Waals surface area contributed by atoms with Crippen LogP contribution in [-0.4, -0.2) is 23.1 Å². The Balaban J connectivity index is 2.94. The highest BCUT2D eigenvalue weighted by atomic mass is 16.2. The summed E-state index contributed by atoms with van der Waals surface area (Å²) in [6.07, 6.45) is 3.82. The maximum Gasteiger partial charge on any atom is 0.299 e. The van der Waals surface area contributed by atoms with E-state index in [2.05, 4.69) is 11.8 Å².